The third-order valence-corrected chi connectivity index (χ3v) is 9.24. The molecule has 0 aliphatic rings. The highest BCUT2D eigenvalue weighted by atomic mass is 79.9. The van der Waals surface area contributed by atoms with Crippen LogP contribution in [-0.4, -0.2) is 74.0 Å². The lowest BCUT2D eigenvalue weighted by molar-refractivity contribution is 0.299. The van der Waals surface area contributed by atoms with Crippen molar-refractivity contribution in [3.05, 3.63) is 153 Å². The van der Waals surface area contributed by atoms with E-state index in [1.807, 2.05) is 161 Å². The zero-order valence-corrected chi connectivity index (χ0v) is 35.5. The van der Waals surface area contributed by atoms with Crippen molar-refractivity contribution < 1.29 is 10.2 Å². The molecule has 0 saturated carbocycles. The molecule has 0 amide bonds. The van der Waals surface area contributed by atoms with Crippen LogP contribution in [0.5, 0.6) is 0 Å². The van der Waals surface area contributed by atoms with E-state index >= 15 is 0 Å². The van der Waals surface area contributed by atoms with E-state index < -0.39 is 0 Å². The van der Waals surface area contributed by atoms with Gasteiger partial charge in [0.15, 0.2) is 17.5 Å². The summed E-state index contributed by atoms with van der Waals surface area (Å²) in [5, 5.41) is 25.0. The van der Waals surface area contributed by atoms with Gasteiger partial charge in [-0.15, -0.1) is 0 Å². The maximum Gasteiger partial charge on any atom is 0.161 e. The van der Waals surface area contributed by atoms with E-state index in [-0.39, 0.29) is 13.2 Å². The molecule has 13 heteroatoms. The number of nitrogens with zero attached hydrogens (tertiary/aromatic N) is 7. The number of nitrogens with one attached hydrogen (secondary N) is 2. The monoisotopic (exact) mass is 859 g/mol. The number of benzene rings is 4. The van der Waals surface area contributed by atoms with Crippen LogP contribution in [0.25, 0.3) is 34.2 Å². The minimum atomic E-state index is 0.104. The number of aliphatic hydroxyl groups excluding tert-OH is 2. The van der Waals surface area contributed by atoms with Gasteiger partial charge < -0.3 is 25.7 Å². The first-order chi connectivity index (χ1) is 28.0. The molecule has 3 aromatic heterocycles. The Bertz CT molecular complexity index is 2370. The summed E-state index contributed by atoms with van der Waals surface area (Å²) in [5.41, 5.74) is 7.72. The van der Waals surface area contributed by atoms with E-state index in [9.17, 15) is 0 Å². The summed E-state index contributed by atoms with van der Waals surface area (Å²) in [6.45, 7) is 6.67. The van der Waals surface area contributed by atoms with Gasteiger partial charge in [0.2, 0.25) is 0 Å². The topological polar surface area (TPSA) is 145 Å². The van der Waals surface area contributed by atoms with Crippen molar-refractivity contribution in [2.45, 2.75) is 27.2 Å². The first-order valence-electron chi connectivity index (χ1n) is 18.6. The Kier molecular flexibility index (Phi) is 16.2. The third kappa shape index (κ3) is 13.1. The predicted molar refractivity (Wildman–Crippen MR) is 240 cm³/mol. The van der Waals surface area contributed by atoms with Gasteiger partial charge in [-0.1, -0.05) is 94.3 Å². The van der Waals surface area contributed by atoms with Gasteiger partial charge in [-0.3, -0.25) is 0 Å². The van der Waals surface area contributed by atoms with Crippen molar-refractivity contribution in [1.82, 2.24) is 29.9 Å². The van der Waals surface area contributed by atoms with Gasteiger partial charge in [-0.25, -0.2) is 29.9 Å². The zero-order valence-electron chi connectivity index (χ0n) is 33.2. The van der Waals surface area contributed by atoms with E-state index in [1.54, 1.807) is 0 Å². The van der Waals surface area contributed by atoms with Gasteiger partial charge in [0.1, 0.15) is 17.5 Å². The second-order valence-corrected chi connectivity index (χ2v) is 14.6. The smallest absolute Gasteiger partial charge is 0.161 e. The fraction of sp³-hybridized carbons (Fsp3) is 0.200. The average Bonchev–Trinajstić information content (AvgIpc) is 3.22. The second-order valence-electron chi connectivity index (χ2n) is 13.2. The molecule has 7 rings (SSSR count). The van der Waals surface area contributed by atoms with E-state index in [0.717, 1.165) is 66.9 Å². The molecule has 0 bridgehead atoms. The van der Waals surface area contributed by atoms with Crippen LogP contribution in [-0.2, 0) is 6.42 Å². The maximum atomic E-state index is 8.99. The Hall–Kier alpha value is -5.79. The normalized spacial score (nSPS) is 10.4. The van der Waals surface area contributed by atoms with Crippen molar-refractivity contribution in [3.8, 4) is 34.2 Å². The molecule has 4 N–H and O–H groups in total. The summed E-state index contributed by atoms with van der Waals surface area (Å²) in [7, 11) is 3.74. The number of anilines is 4. The molecule has 0 spiro atoms. The summed E-state index contributed by atoms with van der Waals surface area (Å²) in [6.07, 6.45) is 0.672. The quantitative estimate of drug-likeness (QED) is 0.0987. The van der Waals surface area contributed by atoms with Gasteiger partial charge in [0.05, 0.1) is 6.61 Å². The molecule has 0 unspecified atom stereocenters. The third-order valence-electron chi connectivity index (χ3n) is 8.48. The van der Waals surface area contributed by atoms with Crippen LogP contribution in [0.1, 0.15) is 22.6 Å². The Labute approximate surface area is 353 Å². The number of hydrogen-bond donors (Lipinski definition) is 4. The van der Waals surface area contributed by atoms with Crippen molar-refractivity contribution in [3.63, 3.8) is 0 Å². The molecule has 3 heterocycles. The fourth-order valence-corrected chi connectivity index (χ4v) is 6.03. The van der Waals surface area contributed by atoms with Crippen LogP contribution in [0.3, 0.4) is 0 Å². The molecule has 7 aromatic rings. The van der Waals surface area contributed by atoms with E-state index in [1.165, 1.54) is 0 Å². The highest BCUT2D eigenvalue weighted by Crippen LogP contribution is 2.24. The zero-order chi connectivity index (χ0) is 41.4. The molecule has 0 radical (unpaired) electrons. The van der Waals surface area contributed by atoms with Crippen LogP contribution in [0.4, 0.5) is 23.1 Å². The Morgan fingerprint density at radius 2 is 1.17 bits per heavy atom. The fourth-order valence-electron chi connectivity index (χ4n) is 5.57. The molecule has 0 aliphatic carbocycles. The Balaban J connectivity index is 0.000000169. The average molecular weight is 861 g/mol. The standard InChI is InChI=1S/C19H19N3O.C14H16BrN3O.C12H12ClN3/c1-14-13-18(21-17-9-7-15(8-10-17)11-12-23)22-19(20-14)16-5-3-2-4-6-16;1-10-9-13(18(2)7-8-19)17-14(16-10)11-3-5-12(15)6-4-11;1-8-6-11(14-2)16-12(15-8)9-4-3-5-10(13)7-9/h2-10,13,23H,11-12H2,1H3,(H,20,21,22);3-6,9,19H,7-8H2,1-2H3;3-7H,1-2H3,(H,14,15,16). The molecule has 0 fully saturated rings. The number of halogens is 2. The van der Waals surface area contributed by atoms with Gasteiger partial charge >= 0.3 is 0 Å². The summed E-state index contributed by atoms with van der Waals surface area (Å²) < 4.78 is 1.03. The van der Waals surface area contributed by atoms with Crippen molar-refractivity contribution in [2.24, 2.45) is 0 Å². The lowest BCUT2D eigenvalue weighted by atomic mass is 10.1. The number of rotatable bonds is 11. The lowest BCUT2D eigenvalue weighted by Gasteiger charge is -2.17. The summed E-state index contributed by atoms with van der Waals surface area (Å²) >= 11 is 9.35. The van der Waals surface area contributed by atoms with Gasteiger partial charge in [0.25, 0.3) is 0 Å². The van der Waals surface area contributed by atoms with E-state index in [0.29, 0.717) is 35.5 Å². The molecule has 298 valence electrons. The SMILES string of the molecule is CNc1cc(C)nc(-c2cccc(Cl)c2)n1.Cc1cc(N(C)CCO)nc(-c2ccc(Br)cc2)n1.Cc1cc(Nc2ccc(CCO)cc2)nc(-c2ccccc2)n1. The lowest BCUT2D eigenvalue weighted by Crippen LogP contribution is -2.22. The molecular weight excluding hydrogens is 814 g/mol. The molecular formula is C45H47BrClN9O2. The largest absolute Gasteiger partial charge is 0.396 e. The molecule has 11 nitrogen and oxygen atoms in total. The summed E-state index contributed by atoms with van der Waals surface area (Å²) in [5.74, 6) is 4.50. The molecule has 4 aromatic carbocycles. The minimum Gasteiger partial charge on any atom is -0.396 e. The first kappa shape index (κ1) is 43.3. The van der Waals surface area contributed by atoms with Crippen LogP contribution in [0.2, 0.25) is 5.02 Å². The first-order valence-corrected chi connectivity index (χ1v) is 19.8. The van der Waals surface area contributed by atoms with E-state index in [2.05, 4.69) is 56.5 Å². The van der Waals surface area contributed by atoms with Crippen LogP contribution < -0.4 is 15.5 Å². The molecule has 0 atom stereocenters. The van der Waals surface area contributed by atoms with E-state index in [4.69, 9.17) is 21.8 Å². The van der Waals surface area contributed by atoms with Crippen LogP contribution >= 0.6 is 27.5 Å². The second kappa shape index (κ2) is 21.7. The highest BCUT2D eigenvalue weighted by molar-refractivity contribution is 9.10. The van der Waals surface area contributed by atoms with Crippen molar-refractivity contribution >= 4 is 50.7 Å². The summed E-state index contributed by atoms with van der Waals surface area (Å²) in [4.78, 5) is 28.8. The Morgan fingerprint density at radius 1 is 0.603 bits per heavy atom. The van der Waals surface area contributed by atoms with Gasteiger partial charge in [-0.05, 0) is 69.2 Å². The Morgan fingerprint density at radius 3 is 1.79 bits per heavy atom. The molecule has 0 aliphatic heterocycles. The minimum absolute atomic E-state index is 0.104. The highest BCUT2D eigenvalue weighted by Gasteiger charge is 2.09. The van der Waals surface area contributed by atoms with Gasteiger partial charge in [0, 0.05) is 94.4 Å². The maximum absolute atomic E-state index is 8.99. The van der Waals surface area contributed by atoms with Crippen molar-refractivity contribution in [2.75, 3.05) is 49.4 Å². The predicted octanol–water partition coefficient (Wildman–Crippen LogP) is 9.52. The van der Waals surface area contributed by atoms with Gasteiger partial charge in [-0.2, -0.15) is 0 Å². The van der Waals surface area contributed by atoms with Crippen molar-refractivity contribution in [1.29, 1.82) is 0 Å². The number of aromatic nitrogens is 6. The summed E-state index contributed by atoms with van der Waals surface area (Å²) in [6, 6.07) is 39.1. The van der Waals surface area contributed by atoms with Crippen LogP contribution in [0, 0.1) is 20.8 Å². The molecule has 0 saturated heterocycles. The number of aryl methyl sites for hydroxylation is 3. The number of aliphatic hydroxyl groups is 2. The van der Waals surface area contributed by atoms with Crippen LogP contribution in [0.15, 0.2) is 126 Å². The number of hydrogen-bond acceptors (Lipinski definition) is 11. The molecule has 58 heavy (non-hydrogen) atoms. The number of likely N-dealkylation sites (N-methyl/N-ethyl adjacent to an activating group) is 1.